The number of furan rings is 1. The van der Waals surface area contributed by atoms with Gasteiger partial charge < -0.3 is 19.0 Å². The molecule has 3 rings (SSSR count). The monoisotopic (exact) mass is 306 g/mol. The molecule has 0 radical (unpaired) electrons. The van der Waals surface area contributed by atoms with Gasteiger partial charge in [0.2, 0.25) is 5.91 Å². The number of amides is 1. The van der Waals surface area contributed by atoms with Crippen LogP contribution >= 0.6 is 0 Å². The average Bonchev–Trinajstić information content (AvgIpc) is 3.16. The standard InChI is InChI=1S/C17H26N2O3/c1-18(11-14-4-5-14)12-16-13-19(8-10-22-16)17(20)7-6-15-3-2-9-21-15/h2-3,9,14,16H,4-8,10-13H2,1H3/t16-/m0/s1. The molecule has 0 spiro atoms. The van der Waals surface area contributed by atoms with Crippen LogP contribution in [0.5, 0.6) is 0 Å². The second kappa shape index (κ2) is 7.29. The first-order chi connectivity index (χ1) is 10.7. The van der Waals surface area contributed by atoms with Gasteiger partial charge in [-0.3, -0.25) is 4.79 Å². The second-order valence-electron chi connectivity index (χ2n) is 6.58. The summed E-state index contributed by atoms with van der Waals surface area (Å²) in [5, 5.41) is 0. The summed E-state index contributed by atoms with van der Waals surface area (Å²) in [4.78, 5) is 16.6. The molecular formula is C17H26N2O3. The summed E-state index contributed by atoms with van der Waals surface area (Å²) < 4.78 is 11.1. The lowest BCUT2D eigenvalue weighted by atomic mass is 10.2. The summed E-state index contributed by atoms with van der Waals surface area (Å²) in [5.74, 6) is 1.97. The van der Waals surface area contributed by atoms with Crippen LogP contribution in [-0.4, -0.2) is 61.6 Å². The first kappa shape index (κ1) is 15.6. The number of rotatable bonds is 7. The minimum absolute atomic E-state index is 0.144. The van der Waals surface area contributed by atoms with Gasteiger partial charge in [-0.15, -0.1) is 0 Å². The van der Waals surface area contributed by atoms with Crippen LogP contribution in [0, 0.1) is 5.92 Å². The van der Waals surface area contributed by atoms with Crippen molar-refractivity contribution in [2.24, 2.45) is 5.92 Å². The van der Waals surface area contributed by atoms with Gasteiger partial charge in [0.25, 0.3) is 0 Å². The highest BCUT2D eigenvalue weighted by molar-refractivity contribution is 5.76. The quantitative estimate of drug-likeness (QED) is 0.770. The van der Waals surface area contributed by atoms with E-state index >= 15 is 0 Å². The van der Waals surface area contributed by atoms with Crippen LogP contribution in [0.25, 0.3) is 0 Å². The minimum atomic E-state index is 0.144. The Morgan fingerprint density at radius 3 is 3.00 bits per heavy atom. The Morgan fingerprint density at radius 2 is 2.27 bits per heavy atom. The predicted molar refractivity (Wildman–Crippen MR) is 83.6 cm³/mol. The smallest absolute Gasteiger partial charge is 0.223 e. The molecule has 122 valence electrons. The summed E-state index contributed by atoms with van der Waals surface area (Å²) in [6.07, 6.45) is 5.72. The van der Waals surface area contributed by atoms with Gasteiger partial charge in [0.1, 0.15) is 5.76 Å². The number of carbonyl (C=O) groups is 1. The third-order valence-corrected chi connectivity index (χ3v) is 4.44. The van der Waals surface area contributed by atoms with E-state index in [-0.39, 0.29) is 12.0 Å². The Balaban J connectivity index is 1.41. The Hall–Kier alpha value is -1.33. The molecule has 1 amide bonds. The summed E-state index contributed by atoms with van der Waals surface area (Å²) >= 11 is 0. The Bertz CT molecular complexity index is 470. The summed E-state index contributed by atoms with van der Waals surface area (Å²) in [7, 11) is 2.15. The normalized spacial score (nSPS) is 22.3. The maximum Gasteiger partial charge on any atom is 0.223 e. The predicted octanol–water partition coefficient (Wildman–Crippen LogP) is 1.78. The van der Waals surface area contributed by atoms with Crippen molar-refractivity contribution in [1.29, 1.82) is 0 Å². The molecule has 0 N–H and O–H groups in total. The molecule has 5 nitrogen and oxygen atoms in total. The van der Waals surface area contributed by atoms with Gasteiger partial charge in [0, 0.05) is 39.0 Å². The maximum atomic E-state index is 12.3. The van der Waals surface area contributed by atoms with Crippen LogP contribution in [0.15, 0.2) is 22.8 Å². The zero-order valence-electron chi connectivity index (χ0n) is 13.4. The number of likely N-dealkylation sites (N-methyl/N-ethyl adjacent to an activating group) is 1. The number of aryl methyl sites for hydroxylation is 1. The number of hydrogen-bond donors (Lipinski definition) is 0. The molecule has 5 heteroatoms. The second-order valence-corrected chi connectivity index (χ2v) is 6.58. The van der Waals surface area contributed by atoms with E-state index in [1.54, 1.807) is 6.26 Å². The van der Waals surface area contributed by atoms with E-state index in [2.05, 4.69) is 11.9 Å². The van der Waals surface area contributed by atoms with E-state index in [9.17, 15) is 4.79 Å². The molecule has 2 heterocycles. The third kappa shape index (κ3) is 4.58. The van der Waals surface area contributed by atoms with Crippen LogP contribution in [0.2, 0.25) is 0 Å². The van der Waals surface area contributed by atoms with Crippen LogP contribution < -0.4 is 0 Å². The largest absolute Gasteiger partial charge is 0.469 e. The molecule has 2 fully saturated rings. The fraction of sp³-hybridized carbons (Fsp3) is 0.706. The molecule has 1 saturated carbocycles. The van der Waals surface area contributed by atoms with Gasteiger partial charge in [0.05, 0.1) is 19.0 Å². The van der Waals surface area contributed by atoms with E-state index in [0.717, 1.165) is 24.8 Å². The maximum absolute atomic E-state index is 12.3. The van der Waals surface area contributed by atoms with Crippen LogP contribution in [0.1, 0.15) is 25.0 Å². The van der Waals surface area contributed by atoms with E-state index in [4.69, 9.17) is 9.15 Å². The van der Waals surface area contributed by atoms with Gasteiger partial charge in [-0.1, -0.05) is 0 Å². The molecule has 2 aliphatic rings. The van der Waals surface area contributed by atoms with Crippen LogP contribution in [0.3, 0.4) is 0 Å². The molecule has 1 atom stereocenters. The highest BCUT2D eigenvalue weighted by atomic mass is 16.5. The highest BCUT2D eigenvalue weighted by Gasteiger charge is 2.27. The number of carbonyl (C=O) groups excluding carboxylic acids is 1. The number of morpholine rings is 1. The van der Waals surface area contributed by atoms with Crippen molar-refractivity contribution in [3.8, 4) is 0 Å². The number of nitrogens with zero attached hydrogens (tertiary/aromatic N) is 2. The molecule has 0 unspecified atom stereocenters. The van der Waals surface area contributed by atoms with E-state index < -0.39 is 0 Å². The van der Waals surface area contributed by atoms with Gasteiger partial charge in [-0.25, -0.2) is 0 Å². The lowest BCUT2D eigenvalue weighted by Gasteiger charge is -2.35. The Labute approximate surface area is 132 Å². The summed E-state index contributed by atoms with van der Waals surface area (Å²) in [6, 6.07) is 3.78. The van der Waals surface area contributed by atoms with Crippen molar-refractivity contribution in [2.45, 2.75) is 31.8 Å². The van der Waals surface area contributed by atoms with E-state index in [1.807, 2.05) is 17.0 Å². The van der Waals surface area contributed by atoms with Crippen molar-refractivity contribution in [2.75, 3.05) is 39.8 Å². The van der Waals surface area contributed by atoms with Crippen molar-refractivity contribution < 1.29 is 13.9 Å². The average molecular weight is 306 g/mol. The molecule has 1 aliphatic heterocycles. The molecule has 0 bridgehead atoms. The third-order valence-electron chi connectivity index (χ3n) is 4.44. The summed E-state index contributed by atoms with van der Waals surface area (Å²) in [5.41, 5.74) is 0. The van der Waals surface area contributed by atoms with Crippen molar-refractivity contribution >= 4 is 5.91 Å². The SMILES string of the molecule is CN(CC1CC1)C[C@H]1CN(C(=O)CCc2ccco2)CCO1. The zero-order valence-corrected chi connectivity index (χ0v) is 13.4. The Kier molecular flexibility index (Phi) is 5.16. The van der Waals surface area contributed by atoms with Gasteiger partial charge in [0.15, 0.2) is 0 Å². The van der Waals surface area contributed by atoms with Gasteiger partial charge in [-0.2, -0.15) is 0 Å². The lowest BCUT2D eigenvalue weighted by Crippen LogP contribution is -2.49. The molecule has 0 aromatic carbocycles. The fourth-order valence-electron chi connectivity index (χ4n) is 3.06. The molecule has 1 aromatic heterocycles. The first-order valence-electron chi connectivity index (χ1n) is 8.31. The van der Waals surface area contributed by atoms with E-state index in [0.29, 0.717) is 32.5 Å². The first-order valence-corrected chi connectivity index (χ1v) is 8.31. The highest BCUT2D eigenvalue weighted by Crippen LogP contribution is 2.29. The van der Waals surface area contributed by atoms with E-state index in [1.165, 1.54) is 12.8 Å². The fourth-order valence-corrected chi connectivity index (χ4v) is 3.06. The van der Waals surface area contributed by atoms with Crippen LogP contribution in [0.4, 0.5) is 0 Å². The number of ether oxygens (including phenoxy) is 1. The van der Waals surface area contributed by atoms with Crippen molar-refractivity contribution in [1.82, 2.24) is 9.80 Å². The molecule has 1 aromatic rings. The van der Waals surface area contributed by atoms with Gasteiger partial charge in [-0.05, 0) is 37.9 Å². The topological polar surface area (TPSA) is 45.9 Å². The zero-order chi connectivity index (χ0) is 15.4. The molecule has 1 saturated heterocycles. The summed E-state index contributed by atoms with van der Waals surface area (Å²) in [6.45, 7) is 4.14. The van der Waals surface area contributed by atoms with Crippen molar-refractivity contribution in [3.05, 3.63) is 24.2 Å². The minimum Gasteiger partial charge on any atom is -0.469 e. The van der Waals surface area contributed by atoms with Crippen LogP contribution in [-0.2, 0) is 16.0 Å². The van der Waals surface area contributed by atoms with Crippen molar-refractivity contribution in [3.63, 3.8) is 0 Å². The molecular weight excluding hydrogens is 280 g/mol. The number of hydrogen-bond acceptors (Lipinski definition) is 4. The molecule has 1 aliphatic carbocycles. The Morgan fingerprint density at radius 1 is 1.41 bits per heavy atom. The lowest BCUT2D eigenvalue weighted by molar-refractivity contribution is -0.139. The van der Waals surface area contributed by atoms with Gasteiger partial charge >= 0.3 is 0 Å². The molecule has 22 heavy (non-hydrogen) atoms.